The quantitative estimate of drug-likeness (QED) is 0.618. The summed E-state index contributed by atoms with van der Waals surface area (Å²) in [4.78, 5) is 12.2. The number of anilines is 1. The van der Waals surface area contributed by atoms with Crippen molar-refractivity contribution in [3.63, 3.8) is 0 Å². The summed E-state index contributed by atoms with van der Waals surface area (Å²) in [6.07, 6.45) is 0.483. The van der Waals surface area contributed by atoms with E-state index in [2.05, 4.69) is 10.0 Å². The van der Waals surface area contributed by atoms with Gasteiger partial charge in [0.1, 0.15) is 0 Å². The molecule has 0 aliphatic rings. The number of hydrogen-bond acceptors (Lipinski definition) is 4. The second-order valence-corrected chi connectivity index (χ2v) is 9.40. The molecule has 0 bridgehead atoms. The summed E-state index contributed by atoms with van der Waals surface area (Å²) < 4.78 is 28.3. The van der Waals surface area contributed by atoms with E-state index in [1.807, 2.05) is 32.9 Å². The van der Waals surface area contributed by atoms with Gasteiger partial charge in [0.15, 0.2) is 0 Å². The second-order valence-electron chi connectivity index (χ2n) is 7.75. The lowest BCUT2D eigenvalue weighted by Crippen LogP contribution is -2.25. The van der Waals surface area contributed by atoms with Crippen molar-refractivity contribution in [1.82, 2.24) is 5.32 Å². The minimum Gasteiger partial charge on any atom is -0.396 e. The smallest absolute Gasteiger partial charge is 0.262 e. The van der Waals surface area contributed by atoms with Crippen LogP contribution in [0.5, 0.6) is 0 Å². The van der Waals surface area contributed by atoms with E-state index in [4.69, 9.17) is 5.11 Å². The summed E-state index contributed by atoms with van der Waals surface area (Å²) in [5.74, 6) is -0.267. The Labute approximate surface area is 167 Å². The van der Waals surface area contributed by atoms with E-state index in [-0.39, 0.29) is 22.8 Å². The van der Waals surface area contributed by atoms with Gasteiger partial charge in [-0.05, 0) is 60.2 Å². The molecule has 0 heterocycles. The number of aliphatic hydroxyl groups is 1. The molecule has 3 N–H and O–H groups in total. The van der Waals surface area contributed by atoms with Crippen LogP contribution in [0.25, 0.3) is 0 Å². The highest BCUT2D eigenvalue weighted by molar-refractivity contribution is 7.92. The molecular formula is C21H28N2O4S. The fourth-order valence-electron chi connectivity index (χ4n) is 2.64. The Morgan fingerprint density at radius 1 is 1.07 bits per heavy atom. The van der Waals surface area contributed by atoms with Crippen LogP contribution < -0.4 is 10.0 Å². The maximum Gasteiger partial charge on any atom is 0.262 e. The fraction of sp³-hybridized carbons (Fsp3) is 0.381. The molecule has 1 amide bonds. The van der Waals surface area contributed by atoms with Crippen molar-refractivity contribution >= 4 is 21.6 Å². The number of carbonyl (C=O) groups is 1. The average molecular weight is 405 g/mol. The minimum absolute atomic E-state index is 0.0107. The van der Waals surface area contributed by atoms with Gasteiger partial charge < -0.3 is 10.4 Å². The van der Waals surface area contributed by atoms with Gasteiger partial charge >= 0.3 is 0 Å². The standard InChI is InChI=1S/C21H28N2O4S/c1-15-6-9-17(21(2,3)4)14-19(15)28(26,27)23-18-10-7-16(8-11-18)20(25)22-12-5-13-24/h6-11,14,23-24H,5,12-13H2,1-4H3,(H,22,25). The molecule has 0 unspecified atom stereocenters. The van der Waals surface area contributed by atoms with E-state index in [0.29, 0.717) is 29.8 Å². The highest BCUT2D eigenvalue weighted by atomic mass is 32.2. The van der Waals surface area contributed by atoms with Crippen LogP contribution in [0.15, 0.2) is 47.4 Å². The van der Waals surface area contributed by atoms with Crippen LogP contribution >= 0.6 is 0 Å². The van der Waals surface area contributed by atoms with E-state index < -0.39 is 10.0 Å². The van der Waals surface area contributed by atoms with Crippen LogP contribution in [-0.4, -0.2) is 32.6 Å². The number of nitrogens with one attached hydrogen (secondary N) is 2. The zero-order valence-electron chi connectivity index (χ0n) is 16.7. The average Bonchev–Trinajstić information content (AvgIpc) is 2.61. The maximum absolute atomic E-state index is 12.9. The van der Waals surface area contributed by atoms with Crippen LogP contribution in [0, 0.1) is 6.92 Å². The fourth-order valence-corrected chi connectivity index (χ4v) is 3.97. The Kier molecular flexibility index (Phi) is 6.85. The van der Waals surface area contributed by atoms with E-state index in [1.54, 1.807) is 37.3 Å². The first-order chi connectivity index (χ1) is 13.0. The lowest BCUT2D eigenvalue weighted by atomic mass is 9.87. The van der Waals surface area contributed by atoms with Crippen LogP contribution in [0.3, 0.4) is 0 Å². The maximum atomic E-state index is 12.9. The molecule has 0 fully saturated rings. The molecule has 152 valence electrons. The largest absolute Gasteiger partial charge is 0.396 e. The van der Waals surface area contributed by atoms with Gasteiger partial charge in [0.25, 0.3) is 15.9 Å². The number of carbonyl (C=O) groups excluding carboxylic acids is 1. The molecule has 2 aromatic rings. The first-order valence-electron chi connectivity index (χ1n) is 9.17. The molecule has 2 rings (SSSR count). The number of benzene rings is 2. The van der Waals surface area contributed by atoms with Crippen LogP contribution in [-0.2, 0) is 15.4 Å². The second kappa shape index (κ2) is 8.75. The van der Waals surface area contributed by atoms with Gasteiger partial charge in [0.05, 0.1) is 4.90 Å². The highest BCUT2D eigenvalue weighted by Crippen LogP contribution is 2.27. The normalized spacial score (nSPS) is 11.9. The molecule has 7 heteroatoms. The third-order valence-electron chi connectivity index (χ3n) is 4.36. The van der Waals surface area contributed by atoms with Crippen molar-refractivity contribution in [2.45, 2.75) is 44.4 Å². The van der Waals surface area contributed by atoms with Gasteiger partial charge in [-0.2, -0.15) is 0 Å². The van der Waals surface area contributed by atoms with Crippen molar-refractivity contribution in [1.29, 1.82) is 0 Å². The highest BCUT2D eigenvalue weighted by Gasteiger charge is 2.21. The SMILES string of the molecule is Cc1ccc(C(C)(C)C)cc1S(=O)(=O)Nc1ccc(C(=O)NCCCO)cc1. The summed E-state index contributed by atoms with van der Waals surface area (Å²) in [7, 11) is -3.76. The molecule has 0 aliphatic carbocycles. The number of sulfonamides is 1. The zero-order chi connectivity index (χ0) is 20.9. The molecule has 2 aromatic carbocycles. The van der Waals surface area contributed by atoms with Gasteiger partial charge in [0.2, 0.25) is 0 Å². The van der Waals surface area contributed by atoms with Gasteiger partial charge in [-0.3, -0.25) is 9.52 Å². The Bertz CT molecular complexity index is 930. The van der Waals surface area contributed by atoms with Crippen LogP contribution in [0.1, 0.15) is 48.7 Å². The molecular weight excluding hydrogens is 376 g/mol. The van der Waals surface area contributed by atoms with Gasteiger partial charge in [0, 0.05) is 24.4 Å². The van der Waals surface area contributed by atoms with Crippen molar-refractivity contribution in [3.05, 3.63) is 59.2 Å². The zero-order valence-corrected chi connectivity index (χ0v) is 17.6. The summed E-state index contributed by atoms with van der Waals surface area (Å²) >= 11 is 0. The summed E-state index contributed by atoms with van der Waals surface area (Å²) in [6.45, 7) is 8.26. The third kappa shape index (κ3) is 5.56. The Morgan fingerprint density at radius 3 is 2.29 bits per heavy atom. The summed E-state index contributed by atoms with van der Waals surface area (Å²) in [5.41, 5.74) is 2.25. The van der Waals surface area contributed by atoms with E-state index in [0.717, 1.165) is 5.56 Å². The first-order valence-corrected chi connectivity index (χ1v) is 10.7. The summed E-state index contributed by atoms with van der Waals surface area (Å²) in [6, 6.07) is 11.7. The number of aryl methyl sites for hydroxylation is 1. The predicted octanol–water partition coefficient (Wildman–Crippen LogP) is 3.21. The molecule has 0 spiro atoms. The molecule has 0 saturated carbocycles. The van der Waals surface area contributed by atoms with Gasteiger partial charge in [-0.15, -0.1) is 0 Å². The number of rotatable bonds is 7. The molecule has 0 aliphatic heterocycles. The topological polar surface area (TPSA) is 95.5 Å². The van der Waals surface area contributed by atoms with Crippen molar-refractivity contribution in [3.8, 4) is 0 Å². The van der Waals surface area contributed by atoms with E-state index >= 15 is 0 Å². The molecule has 0 radical (unpaired) electrons. The first kappa shape index (κ1) is 21.9. The molecule has 0 saturated heterocycles. The lowest BCUT2D eigenvalue weighted by Gasteiger charge is -2.21. The Hall–Kier alpha value is -2.38. The lowest BCUT2D eigenvalue weighted by molar-refractivity contribution is 0.0951. The number of amides is 1. The predicted molar refractivity (Wildman–Crippen MR) is 111 cm³/mol. The molecule has 0 aromatic heterocycles. The molecule has 6 nitrogen and oxygen atoms in total. The Morgan fingerprint density at radius 2 is 1.71 bits per heavy atom. The minimum atomic E-state index is -3.76. The Balaban J connectivity index is 2.20. The van der Waals surface area contributed by atoms with Crippen LogP contribution in [0.2, 0.25) is 0 Å². The van der Waals surface area contributed by atoms with Crippen LogP contribution in [0.4, 0.5) is 5.69 Å². The van der Waals surface area contributed by atoms with Gasteiger partial charge in [-0.1, -0.05) is 32.9 Å². The van der Waals surface area contributed by atoms with Gasteiger partial charge in [-0.25, -0.2) is 8.42 Å². The number of aliphatic hydroxyl groups excluding tert-OH is 1. The monoisotopic (exact) mass is 404 g/mol. The summed E-state index contributed by atoms with van der Waals surface area (Å²) in [5, 5.41) is 11.4. The van der Waals surface area contributed by atoms with Crippen molar-refractivity contribution in [2.75, 3.05) is 17.9 Å². The third-order valence-corrected chi connectivity index (χ3v) is 5.89. The van der Waals surface area contributed by atoms with E-state index in [9.17, 15) is 13.2 Å². The van der Waals surface area contributed by atoms with Crippen molar-refractivity contribution in [2.24, 2.45) is 0 Å². The molecule has 0 atom stereocenters. The van der Waals surface area contributed by atoms with E-state index in [1.165, 1.54) is 0 Å². The number of hydrogen-bond donors (Lipinski definition) is 3. The van der Waals surface area contributed by atoms with Crippen molar-refractivity contribution < 1.29 is 18.3 Å². The molecule has 28 heavy (non-hydrogen) atoms.